The first-order chi connectivity index (χ1) is 9.58. The van der Waals surface area contributed by atoms with Crippen molar-refractivity contribution in [3.63, 3.8) is 0 Å². The molecule has 0 amide bonds. The van der Waals surface area contributed by atoms with Crippen LogP contribution in [-0.2, 0) is 0 Å². The van der Waals surface area contributed by atoms with E-state index in [9.17, 15) is 4.39 Å². The Morgan fingerprint density at radius 2 is 1.95 bits per heavy atom. The van der Waals surface area contributed by atoms with Crippen molar-refractivity contribution in [2.24, 2.45) is 0 Å². The van der Waals surface area contributed by atoms with Crippen LogP contribution in [0.15, 0.2) is 42.5 Å². The molecule has 1 atom stereocenters. The zero-order valence-corrected chi connectivity index (χ0v) is 12.0. The number of aryl methyl sites for hydroxylation is 1. The van der Waals surface area contributed by atoms with Gasteiger partial charge in [-0.2, -0.15) is 0 Å². The fourth-order valence-corrected chi connectivity index (χ4v) is 2.55. The average molecular weight is 289 g/mol. The van der Waals surface area contributed by atoms with Gasteiger partial charge in [-0.1, -0.05) is 18.2 Å². The molecule has 2 nitrogen and oxygen atoms in total. The Kier molecular flexibility index (Phi) is 3.22. The van der Waals surface area contributed by atoms with Crippen molar-refractivity contribution in [2.75, 3.05) is 0 Å². The number of hydrogen-bond donors (Lipinski definition) is 0. The predicted molar refractivity (Wildman–Crippen MR) is 80.0 cm³/mol. The van der Waals surface area contributed by atoms with Gasteiger partial charge in [-0.3, -0.25) is 4.57 Å². The molecular formula is C16H14ClFN2. The van der Waals surface area contributed by atoms with Gasteiger partial charge < -0.3 is 0 Å². The molecule has 0 saturated carbocycles. The third kappa shape index (κ3) is 2.08. The first-order valence-electron chi connectivity index (χ1n) is 6.46. The van der Waals surface area contributed by atoms with E-state index in [2.05, 4.69) is 4.98 Å². The second-order valence-electron chi connectivity index (χ2n) is 4.84. The normalized spacial score (nSPS) is 12.8. The molecule has 1 aromatic heterocycles. The Balaban J connectivity index is 2.40. The molecular weight excluding hydrogens is 275 g/mol. The lowest BCUT2D eigenvalue weighted by atomic mass is 10.2. The molecule has 0 spiro atoms. The second-order valence-corrected chi connectivity index (χ2v) is 5.50. The van der Waals surface area contributed by atoms with E-state index in [1.165, 1.54) is 12.1 Å². The van der Waals surface area contributed by atoms with Gasteiger partial charge >= 0.3 is 0 Å². The maximum absolute atomic E-state index is 13.6. The van der Waals surface area contributed by atoms with Crippen LogP contribution in [0.5, 0.6) is 0 Å². The van der Waals surface area contributed by atoms with Gasteiger partial charge in [-0.25, -0.2) is 9.37 Å². The average Bonchev–Trinajstić information content (AvgIpc) is 2.78. The highest BCUT2D eigenvalue weighted by Gasteiger charge is 2.17. The number of imidazole rings is 1. The van der Waals surface area contributed by atoms with Gasteiger partial charge in [0.25, 0.3) is 0 Å². The summed E-state index contributed by atoms with van der Waals surface area (Å²) < 4.78 is 15.5. The van der Waals surface area contributed by atoms with Crippen LogP contribution in [0, 0.1) is 12.7 Å². The van der Waals surface area contributed by atoms with Crippen molar-refractivity contribution in [1.82, 2.24) is 9.55 Å². The lowest BCUT2D eigenvalue weighted by Crippen LogP contribution is -2.03. The van der Waals surface area contributed by atoms with Gasteiger partial charge in [-0.15, -0.1) is 11.6 Å². The number of benzene rings is 2. The quantitative estimate of drug-likeness (QED) is 0.621. The lowest BCUT2D eigenvalue weighted by molar-refractivity contribution is 0.629. The molecule has 0 radical (unpaired) electrons. The number of nitrogens with zero attached hydrogens (tertiary/aromatic N) is 2. The third-order valence-corrected chi connectivity index (χ3v) is 3.55. The molecule has 0 aliphatic heterocycles. The molecule has 102 valence electrons. The summed E-state index contributed by atoms with van der Waals surface area (Å²) in [5.74, 6) is 0.447. The van der Waals surface area contributed by atoms with Crippen LogP contribution in [0.4, 0.5) is 4.39 Å². The summed E-state index contributed by atoms with van der Waals surface area (Å²) >= 11 is 6.24. The number of fused-ring (bicyclic) bond motifs is 1. The number of rotatable bonds is 2. The summed E-state index contributed by atoms with van der Waals surface area (Å²) in [5, 5.41) is -0.259. The zero-order valence-electron chi connectivity index (χ0n) is 11.3. The van der Waals surface area contributed by atoms with Crippen LogP contribution in [0.2, 0.25) is 0 Å². The van der Waals surface area contributed by atoms with Crippen LogP contribution in [-0.4, -0.2) is 9.55 Å². The number of alkyl halides is 1. The van der Waals surface area contributed by atoms with Crippen molar-refractivity contribution >= 4 is 22.6 Å². The molecule has 1 unspecified atom stereocenters. The molecule has 1 heterocycles. The minimum absolute atomic E-state index is 0.259. The minimum Gasteiger partial charge on any atom is -0.295 e. The molecule has 0 aliphatic rings. The van der Waals surface area contributed by atoms with Crippen molar-refractivity contribution in [3.05, 3.63) is 59.7 Å². The summed E-state index contributed by atoms with van der Waals surface area (Å²) in [6.07, 6.45) is 0. The standard InChI is InChI=1S/C16H14ClFN2/c1-10-5-3-4-6-14(10)20-15-9-12(18)7-8-13(15)19-16(20)11(2)17/h3-9,11H,1-2H3. The summed E-state index contributed by atoms with van der Waals surface area (Å²) in [4.78, 5) is 4.54. The fourth-order valence-electron chi connectivity index (χ4n) is 2.40. The smallest absolute Gasteiger partial charge is 0.132 e. The maximum Gasteiger partial charge on any atom is 0.132 e. The number of aromatic nitrogens is 2. The topological polar surface area (TPSA) is 17.8 Å². The van der Waals surface area contributed by atoms with Crippen molar-refractivity contribution in [2.45, 2.75) is 19.2 Å². The van der Waals surface area contributed by atoms with E-state index >= 15 is 0 Å². The van der Waals surface area contributed by atoms with E-state index < -0.39 is 0 Å². The van der Waals surface area contributed by atoms with Gasteiger partial charge in [0, 0.05) is 6.07 Å². The van der Waals surface area contributed by atoms with Crippen molar-refractivity contribution < 1.29 is 4.39 Å². The molecule has 0 fully saturated rings. The molecule has 2 aromatic carbocycles. The molecule has 0 aliphatic carbocycles. The summed E-state index contributed by atoms with van der Waals surface area (Å²) in [5.41, 5.74) is 3.55. The lowest BCUT2D eigenvalue weighted by Gasteiger charge is -2.13. The first kappa shape index (κ1) is 13.1. The van der Waals surface area contributed by atoms with Gasteiger partial charge in [-0.05, 0) is 37.6 Å². The fraction of sp³-hybridized carbons (Fsp3) is 0.188. The SMILES string of the molecule is Cc1ccccc1-n1c(C(C)Cl)nc2ccc(F)cc21. The van der Waals surface area contributed by atoms with Gasteiger partial charge in [0.15, 0.2) is 0 Å². The van der Waals surface area contributed by atoms with E-state index in [4.69, 9.17) is 11.6 Å². The van der Waals surface area contributed by atoms with Gasteiger partial charge in [0.1, 0.15) is 11.6 Å². The molecule has 0 N–H and O–H groups in total. The van der Waals surface area contributed by atoms with E-state index in [0.717, 1.165) is 28.1 Å². The highest BCUT2D eigenvalue weighted by Crippen LogP contribution is 2.29. The number of para-hydroxylation sites is 1. The van der Waals surface area contributed by atoms with Crippen LogP contribution in [0.3, 0.4) is 0 Å². The second kappa shape index (κ2) is 4.91. The van der Waals surface area contributed by atoms with E-state index in [1.807, 2.05) is 42.7 Å². The van der Waals surface area contributed by atoms with Crippen LogP contribution in [0.1, 0.15) is 23.7 Å². The predicted octanol–water partition coefficient (Wildman–Crippen LogP) is 4.77. The number of hydrogen-bond acceptors (Lipinski definition) is 1. The maximum atomic E-state index is 13.6. The van der Waals surface area contributed by atoms with Crippen molar-refractivity contribution in [1.29, 1.82) is 0 Å². The van der Waals surface area contributed by atoms with E-state index in [0.29, 0.717) is 0 Å². The Bertz CT molecular complexity index is 777. The molecule has 20 heavy (non-hydrogen) atoms. The molecule has 0 bridgehead atoms. The highest BCUT2D eigenvalue weighted by molar-refractivity contribution is 6.20. The van der Waals surface area contributed by atoms with E-state index in [1.54, 1.807) is 6.07 Å². The largest absolute Gasteiger partial charge is 0.295 e. The molecule has 3 aromatic rings. The van der Waals surface area contributed by atoms with Crippen LogP contribution in [0.25, 0.3) is 16.7 Å². The third-order valence-electron chi connectivity index (χ3n) is 3.35. The van der Waals surface area contributed by atoms with Crippen LogP contribution < -0.4 is 0 Å². The Hall–Kier alpha value is -1.87. The highest BCUT2D eigenvalue weighted by atomic mass is 35.5. The monoisotopic (exact) mass is 288 g/mol. The van der Waals surface area contributed by atoms with Gasteiger partial charge in [0.2, 0.25) is 0 Å². The van der Waals surface area contributed by atoms with Crippen molar-refractivity contribution in [3.8, 4) is 5.69 Å². The molecule has 4 heteroatoms. The summed E-state index contributed by atoms with van der Waals surface area (Å²) in [6, 6.07) is 12.5. The molecule has 0 saturated heterocycles. The van der Waals surface area contributed by atoms with Crippen LogP contribution >= 0.6 is 11.6 Å². The first-order valence-corrected chi connectivity index (χ1v) is 6.89. The minimum atomic E-state index is -0.277. The van der Waals surface area contributed by atoms with E-state index in [-0.39, 0.29) is 11.2 Å². The summed E-state index contributed by atoms with van der Waals surface area (Å²) in [6.45, 7) is 3.89. The van der Waals surface area contributed by atoms with Gasteiger partial charge in [0.05, 0.1) is 22.1 Å². The Morgan fingerprint density at radius 1 is 1.20 bits per heavy atom. The Labute approximate surface area is 121 Å². The number of halogens is 2. The summed E-state index contributed by atoms with van der Waals surface area (Å²) in [7, 11) is 0. The zero-order chi connectivity index (χ0) is 14.3. The molecule has 3 rings (SSSR count). The Morgan fingerprint density at radius 3 is 2.65 bits per heavy atom.